The lowest BCUT2D eigenvalue weighted by Gasteiger charge is -2.38. The zero-order valence-corrected chi connectivity index (χ0v) is 10.00. The van der Waals surface area contributed by atoms with Crippen molar-refractivity contribution in [3.05, 3.63) is 29.6 Å². The molecule has 1 N–H and O–H groups in total. The summed E-state index contributed by atoms with van der Waals surface area (Å²) in [7, 11) is 1.47. The lowest BCUT2D eigenvalue weighted by molar-refractivity contribution is -0.148. The fourth-order valence-electron chi connectivity index (χ4n) is 1.97. The van der Waals surface area contributed by atoms with Gasteiger partial charge in [-0.15, -0.1) is 0 Å². The number of benzene rings is 1. The standard InChI is InChI=1S/C13H13FN2O2/c1-18-13(6-3-7-13)12(17)16-10-5-2-4-9(8-15)11(10)14/h2,4-5H,3,6-7H2,1H3,(H,16,17). The summed E-state index contributed by atoms with van der Waals surface area (Å²) in [6, 6.07) is 6.05. The summed E-state index contributed by atoms with van der Waals surface area (Å²) in [5.41, 5.74) is -0.912. The number of anilines is 1. The zero-order chi connectivity index (χ0) is 13.2. The van der Waals surface area contributed by atoms with Crippen molar-refractivity contribution in [2.45, 2.75) is 24.9 Å². The molecule has 0 aromatic heterocycles. The summed E-state index contributed by atoms with van der Waals surface area (Å²) < 4.78 is 19.0. The van der Waals surface area contributed by atoms with E-state index >= 15 is 0 Å². The number of hydrogen-bond acceptors (Lipinski definition) is 3. The summed E-state index contributed by atoms with van der Waals surface area (Å²) in [6.45, 7) is 0. The Hall–Kier alpha value is -1.93. The van der Waals surface area contributed by atoms with Crippen LogP contribution < -0.4 is 5.32 Å². The van der Waals surface area contributed by atoms with Gasteiger partial charge in [-0.3, -0.25) is 4.79 Å². The highest BCUT2D eigenvalue weighted by molar-refractivity contribution is 5.98. The number of methoxy groups -OCH3 is 1. The van der Waals surface area contributed by atoms with Gasteiger partial charge in [0, 0.05) is 7.11 Å². The number of rotatable bonds is 3. The minimum atomic E-state index is -0.838. The van der Waals surface area contributed by atoms with Gasteiger partial charge in [-0.25, -0.2) is 4.39 Å². The first kappa shape index (κ1) is 12.5. The Balaban J connectivity index is 2.20. The fraction of sp³-hybridized carbons (Fsp3) is 0.385. The molecule has 1 fully saturated rings. The van der Waals surface area contributed by atoms with Crippen LogP contribution >= 0.6 is 0 Å². The van der Waals surface area contributed by atoms with Crippen molar-refractivity contribution in [2.75, 3.05) is 12.4 Å². The number of carbonyl (C=O) groups excluding carboxylic acids is 1. The summed E-state index contributed by atoms with van der Waals surface area (Å²) in [5, 5.41) is 11.2. The van der Waals surface area contributed by atoms with E-state index in [1.165, 1.54) is 25.3 Å². The molecule has 1 saturated carbocycles. The SMILES string of the molecule is COC1(C(=O)Nc2cccc(C#N)c2F)CCC1. The Kier molecular flexibility index (Phi) is 3.30. The molecule has 1 aliphatic rings. The molecule has 4 nitrogen and oxygen atoms in total. The van der Waals surface area contributed by atoms with Crippen LogP contribution in [0.15, 0.2) is 18.2 Å². The third-order valence-corrected chi connectivity index (χ3v) is 3.33. The third kappa shape index (κ3) is 1.95. The molecule has 0 bridgehead atoms. The molecule has 0 saturated heterocycles. The van der Waals surface area contributed by atoms with Crippen LogP contribution in [0, 0.1) is 17.1 Å². The number of nitrogens with zero attached hydrogens (tertiary/aromatic N) is 1. The molecule has 0 radical (unpaired) electrons. The van der Waals surface area contributed by atoms with Crippen LogP contribution in [0.4, 0.5) is 10.1 Å². The van der Waals surface area contributed by atoms with E-state index in [0.29, 0.717) is 12.8 Å². The number of halogens is 1. The van der Waals surface area contributed by atoms with Crippen molar-refractivity contribution >= 4 is 11.6 Å². The highest BCUT2D eigenvalue weighted by atomic mass is 19.1. The molecule has 94 valence electrons. The van der Waals surface area contributed by atoms with Crippen LogP contribution in [0.5, 0.6) is 0 Å². The zero-order valence-electron chi connectivity index (χ0n) is 10.00. The van der Waals surface area contributed by atoms with Crippen molar-refractivity contribution in [3.63, 3.8) is 0 Å². The maximum Gasteiger partial charge on any atom is 0.256 e. The van der Waals surface area contributed by atoms with Crippen LogP contribution in [-0.2, 0) is 9.53 Å². The average molecular weight is 248 g/mol. The smallest absolute Gasteiger partial charge is 0.256 e. The molecule has 0 heterocycles. The molecule has 18 heavy (non-hydrogen) atoms. The Labute approximate surface area is 104 Å². The van der Waals surface area contributed by atoms with Gasteiger partial charge in [-0.1, -0.05) is 6.07 Å². The van der Waals surface area contributed by atoms with E-state index in [4.69, 9.17) is 10.00 Å². The van der Waals surface area contributed by atoms with Crippen molar-refractivity contribution in [1.29, 1.82) is 5.26 Å². The molecule has 1 aromatic rings. The number of carbonyl (C=O) groups is 1. The predicted molar refractivity (Wildman–Crippen MR) is 63.3 cm³/mol. The minimum Gasteiger partial charge on any atom is -0.368 e. The first-order chi connectivity index (χ1) is 8.63. The van der Waals surface area contributed by atoms with Gasteiger partial charge in [0.1, 0.15) is 11.7 Å². The molecule has 1 aliphatic carbocycles. The van der Waals surface area contributed by atoms with E-state index in [1.54, 1.807) is 6.07 Å². The number of amides is 1. The van der Waals surface area contributed by atoms with Crippen LogP contribution in [0.25, 0.3) is 0 Å². The summed E-state index contributed by atoms with van der Waals surface area (Å²) in [4.78, 5) is 12.0. The van der Waals surface area contributed by atoms with Crippen LogP contribution in [0.1, 0.15) is 24.8 Å². The second-order valence-corrected chi connectivity index (χ2v) is 4.29. The molecule has 5 heteroatoms. The third-order valence-electron chi connectivity index (χ3n) is 3.33. The Morgan fingerprint density at radius 2 is 2.28 bits per heavy atom. The lowest BCUT2D eigenvalue weighted by atomic mass is 9.79. The van der Waals surface area contributed by atoms with Crippen molar-refractivity contribution in [3.8, 4) is 6.07 Å². The van der Waals surface area contributed by atoms with E-state index < -0.39 is 11.4 Å². The topological polar surface area (TPSA) is 62.1 Å². The van der Waals surface area contributed by atoms with Gasteiger partial charge in [0.05, 0.1) is 11.3 Å². The Bertz CT molecular complexity index is 513. The quantitative estimate of drug-likeness (QED) is 0.892. The lowest BCUT2D eigenvalue weighted by Crippen LogP contribution is -2.50. The largest absolute Gasteiger partial charge is 0.368 e. The molecule has 0 atom stereocenters. The fourth-order valence-corrected chi connectivity index (χ4v) is 1.97. The van der Waals surface area contributed by atoms with E-state index in [2.05, 4.69) is 5.32 Å². The summed E-state index contributed by atoms with van der Waals surface area (Å²) >= 11 is 0. The van der Waals surface area contributed by atoms with Gasteiger partial charge in [0.15, 0.2) is 5.82 Å². The average Bonchev–Trinajstić information content (AvgIpc) is 2.31. The second kappa shape index (κ2) is 4.75. The summed E-state index contributed by atoms with van der Waals surface area (Å²) in [6.07, 6.45) is 2.19. The van der Waals surface area contributed by atoms with Gasteiger partial charge < -0.3 is 10.1 Å². The monoisotopic (exact) mass is 248 g/mol. The highest BCUT2D eigenvalue weighted by Gasteiger charge is 2.44. The van der Waals surface area contributed by atoms with Crippen LogP contribution in [-0.4, -0.2) is 18.6 Å². The van der Waals surface area contributed by atoms with Crippen LogP contribution in [0.3, 0.4) is 0 Å². The van der Waals surface area contributed by atoms with Crippen molar-refractivity contribution < 1.29 is 13.9 Å². The molecule has 0 aliphatic heterocycles. The number of nitriles is 1. The number of nitrogens with one attached hydrogen (secondary N) is 1. The second-order valence-electron chi connectivity index (χ2n) is 4.29. The van der Waals surface area contributed by atoms with E-state index in [9.17, 15) is 9.18 Å². The highest BCUT2D eigenvalue weighted by Crippen LogP contribution is 2.36. The van der Waals surface area contributed by atoms with Gasteiger partial charge in [-0.05, 0) is 31.4 Å². The Morgan fingerprint density at radius 1 is 1.56 bits per heavy atom. The predicted octanol–water partition coefficient (Wildman–Crippen LogP) is 2.20. The van der Waals surface area contributed by atoms with Gasteiger partial charge in [0.2, 0.25) is 0 Å². The summed E-state index contributed by atoms with van der Waals surface area (Å²) in [5.74, 6) is -1.07. The first-order valence-corrected chi connectivity index (χ1v) is 5.68. The Morgan fingerprint density at radius 3 is 2.78 bits per heavy atom. The van der Waals surface area contributed by atoms with Gasteiger partial charge >= 0.3 is 0 Å². The van der Waals surface area contributed by atoms with E-state index in [1.807, 2.05) is 0 Å². The molecular formula is C13H13FN2O2. The molecule has 2 rings (SSSR count). The van der Waals surface area contributed by atoms with E-state index in [-0.39, 0.29) is 17.2 Å². The molecule has 1 amide bonds. The van der Waals surface area contributed by atoms with Crippen LogP contribution in [0.2, 0.25) is 0 Å². The minimum absolute atomic E-state index is 0.0161. The number of hydrogen-bond donors (Lipinski definition) is 1. The molecule has 0 unspecified atom stereocenters. The van der Waals surface area contributed by atoms with Gasteiger partial charge in [0.25, 0.3) is 5.91 Å². The molecule has 0 spiro atoms. The van der Waals surface area contributed by atoms with E-state index in [0.717, 1.165) is 6.42 Å². The maximum atomic E-state index is 13.8. The molecule has 1 aromatic carbocycles. The number of ether oxygens (including phenoxy) is 1. The van der Waals surface area contributed by atoms with Crippen molar-refractivity contribution in [2.24, 2.45) is 0 Å². The normalized spacial score (nSPS) is 16.5. The maximum absolute atomic E-state index is 13.8. The van der Waals surface area contributed by atoms with Crippen molar-refractivity contribution in [1.82, 2.24) is 0 Å². The first-order valence-electron chi connectivity index (χ1n) is 5.68. The van der Waals surface area contributed by atoms with Gasteiger partial charge in [-0.2, -0.15) is 5.26 Å². The molecular weight excluding hydrogens is 235 g/mol.